The number of rotatable bonds is 6. The average molecular weight is 831 g/mol. The number of hydrogen-bond donors (Lipinski definition) is 0. The SMILES string of the molecule is CC(C)(C)c1c2ccc(N(c3cc4c(cn3)CCC=C4)c3cc4ccccc4cn3)cc2c(C(C)(C)C)c2cc(N(c3cc4ccccc4cn3)c3nccc4ccccc34)ccc12. The summed E-state index contributed by atoms with van der Waals surface area (Å²) in [5.41, 5.74) is 6.63. The molecule has 0 amide bonds. The van der Waals surface area contributed by atoms with Gasteiger partial charge in [-0.05, 0) is 132 Å². The van der Waals surface area contributed by atoms with Crippen molar-refractivity contribution in [2.45, 2.75) is 65.2 Å². The molecule has 1 aliphatic carbocycles. The van der Waals surface area contributed by atoms with Crippen molar-refractivity contribution >= 4 is 94.6 Å². The Balaban J connectivity index is 1.20. The zero-order chi connectivity index (χ0) is 43.7. The van der Waals surface area contributed by atoms with Gasteiger partial charge in [0.05, 0.1) is 0 Å². The first-order valence-corrected chi connectivity index (χ1v) is 22.3. The van der Waals surface area contributed by atoms with Gasteiger partial charge in [-0.25, -0.2) is 19.9 Å². The third kappa shape index (κ3) is 6.81. The Bertz CT molecular complexity index is 3490. The Labute approximate surface area is 374 Å². The first kappa shape index (κ1) is 39.4. The fourth-order valence-corrected chi connectivity index (χ4v) is 9.94. The van der Waals surface area contributed by atoms with Gasteiger partial charge >= 0.3 is 0 Å². The summed E-state index contributed by atoms with van der Waals surface area (Å²) in [6, 6.07) is 48.0. The van der Waals surface area contributed by atoms with Gasteiger partial charge in [0.1, 0.15) is 23.3 Å². The van der Waals surface area contributed by atoms with Crippen molar-refractivity contribution < 1.29 is 0 Å². The first-order valence-electron chi connectivity index (χ1n) is 22.3. The maximum atomic E-state index is 5.15. The van der Waals surface area contributed by atoms with E-state index in [0.717, 1.165) is 79.8 Å². The van der Waals surface area contributed by atoms with Crippen molar-refractivity contribution in [1.29, 1.82) is 0 Å². The van der Waals surface area contributed by atoms with E-state index in [2.05, 4.69) is 203 Å². The van der Waals surface area contributed by atoms with E-state index < -0.39 is 0 Å². The predicted octanol–water partition coefficient (Wildman–Crippen LogP) is 15.5. The molecule has 0 saturated carbocycles. The van der Waals surface area contributed by atoms with Crippen LogP contribution >= 0.6 is 0 Å². The number of anilines is 6. The van der Waals surface area contributed by atoms with Crippen molar-refractivity contribution in [2.75, 3.05) is 9.80 Å². The molecule has 0 unspecified atom stereocenters. The van der Waals surface area contributed by atoms with Crippen LogP contribution in [-0.4, -0.2) is 19.9 Å². The van der Waals surface area contributed by atoms with Crippen LogP contribution in [-0.2, 0) is 17.3 Å². The topological polar surface area (TPSA) is 58.0 Å². The van der Waals surface area contributed by atoms with E-state index in [0.29, 0.717) is 0 Å². The van der Waals surface area contributed by atoms with Crippen LogP contribution in [0.5, 0.6) is 0 Å². The second-order valence-corrected chi connectivity index (χ2v) is 19.2. The molecule has 64 heavy (non-hydrogen) atoms. The summed E-state index contributed by atoms with van der Waals surface area (Å²) in [5, 5.41) is 11.5. The minimum atomic E-state index is -0.255. The number of aromatic nitrogens is 4. The van der Waals surface area contributed by atoms with Crippen LogP contribution in [0.1, 0.15) is 70.2 Å². The molecular formula is C58H50N6. The molecule has 0 atom stereocenters. The molecule has 4 heterocycles. The summed E-state index contributed by atoms with van der Waals surface area (Å²) < 4.78 is 0. The molecule has 6 aromatic carbocycles. The third-order valence-corrected chi connectivity index (χ3v) is 12.8. The van der Waals surface area contributed by atoms with Crippen molar-refractivity contribution in [1.82, 2.24) is 19.9 Å². The molecule has 0 bridgehead atoms. The standard InChI is InChI=1S/C58H50N6/c1-57(2,3)54-47-25-23-44(63(51-29-38-16-7-10-19-41(38)34-60-51)52-30-39-17-8-11-20-42(39)35-61-52)32-49(47)55(58(4,5)6)50-33-45(24-26-48(50)54)64(53-31-40-18-9-12-21-43(40)36-62-53)56-46-22-14-13-15-37(46)27-28-59-56/h7-10,12-19,21-36H,11,20H2,1-6H3. The van der Waals surface area contributed by atoms with Crippen LogP contribution in [0.25, 0.3) is 59.9 Å². The Kier molecular flexibility index (Phi) is 9.32. The zero-order valence-electron chi connectivity index (χ0n) is 37.3. The van der Waals surface area contributed by atoms with Gasteiger partial charge in [0.2, 0.25) is 0 Å². The summed E-state index contributed by atoms with van der Waals surface area (Å²) >= 11 is 0. The molecule has 6 nitrogen and oxygen atoms in total. The molecule has 1 aliphatic rings. The fraction of sp³-hybridized carbons (Fsp3) is 0.172. The number of hydrogen-bond acceptors (Lipinski definition) is 6. The third-order valence-electron chi connectivity index (χ3n) is 12.8. The summed E-state index contributed by atoms with van der Waals surface area (Å²) in [4.78, 5) is 24.9. The minimum Gasteiger partial charge on any atom is -0.279 e. The molecule has 6 heteroatoms. The van der Waals surface area contributed by atoms with Gasteiger partial charge in [-0.2, -0.15) is 0 Å². The second kappa shape index (κ2) is 15.1. The molecule has 10 aromatic rings. The number of nitrogens with zero attached hydrogens (tertiary/aromatic N) is 6. The lowest BCUT2D eigenvalue weighted by Gasteiger charge is -2.32. The van der Waals surface area contributed by atoms with Crippen molar-refractivity contribution in [3.05, 3.63) is 187 Å². The number of allylic oxidation sites excluding steroid dienone is 1. The van der Waals surface area contributed by atoms with E-state index in [-0.39, 0.29) is 10.8 Å². The Morgan fingerprint density at radius 3 is 1.58 bits per heavy atom. The summed E-state index contributed by atoms with van der Waals surface area (Å²) in [7, 11) is 0. The fourth-order valence-electron chi connectivity index (χ4n) is 9.94. The van der Waals surface area contributed by atoms with Gasteiger partial charge < -0.3 is 0 Å². The van der Waals surface area contributed by atoms with Gasteiger partial charge in [0, 0.05) is 52.3 Å². The molecule has 4 aromatic heterocycles. The zero-order valence-corrected chi connectivity index (χ0v) is 37.3. The van der Waals surface area contributed by atoms with E-state index in [1.54, 1.807) is 0 Å². The molecule has 11 rings (SSSR count). The highest BCUT2D eigenvalue weighted by atomic mass is 15.2. The lowest BCUT2D eigenvalue weighted by atomic mass is 9.74. The van der Waals surface area contributed by atoms with Gasteiger partial charge in [-0.15, -0.1) is 0 Å². The maximum Gasteiger partial charge on any atom is 0.146 e. The highest BCUT2D eigenvalue weighted by molar-refractivity contribution is 6.10. The monoisotopic (exact) mass is 830 g/mol. The highest BCUT2D eigenvalue weighted by Gasteiger charge is 2.30. The van der Waals surface area contributed by atoms with Crippen molar-refractivity contribution in [3.63, 3.8) is 0 Å². The summed E-state index contributed by atoms with van der Waals surface area (Å²) in [6.07, 6.45) is 14.4. The van der Waals surface area contributed by atoms with Crippen molar-refractivity contribution in [2.24, 2.45) is 0 Å². The molecule has 0 spiro atoms. The Morgan fingerprint density at radius 1 is 0.438 bits per heavy atom. The van der Waals surface area contributed by atoms with E-state index in [9.17, 15) is 0 Å². The van der Waals surface area contributed by atoms with Crippen LogP contribution in [0.2, 0.25) is 0 Å². The predicted molar refractivity (Wildman–Crippen MR) is 269 cm³/mol. The molecular weight excluding hydrogens is 781 g/mol. The number of benzene rings is 6. The largest absolute Gasteiger partial charge is 0.279 e. The average Bonchev–Trinajstić information content (AvgIpc) is 3.30. The molecule has 0 radical (unpaired) electrons. The second-order valence-electron chi connectivity index (χ2n) is 19.2. The van der Waals surface area contributed by atoms with Crippen LogP contribution in [0.3, 0.4) is 0 Å². The van der Waals surface area contributed by atoms with Crippen LogP contribution < -0.4 is 9.80 Å². The normalized spacial score (nSPS) is 13.0. The maximum absolute atomic E-state index is 5.15. The highest BCUT2D eigenvalue weighted by Crippen LogP contribution is 2.48. The van der Waals surface area contributed by atoms with Crippen LogP contribution in [0, 0.1) is 0 Å². The summed E-state index contributed by atoms with van der Waals surface area (Å²) in [5.74, 6) is 3.31. The van der Waals surface area contributed by atoms with Gasteiger partial charge in [0.15, 0.2) is 0 Å². The van der Waals surface area contributed by atoms with Crippen LogP contribution in [0.4, 0.5) is 34.6 Å². The van der Waals surface area contributed by atoms with Gasteiger partial charge in [0.25, 0.3) is 0 Å². The lowest BCUT2D eigenvalue weighted by molar-refractivity contribution is 0.593. The molecule has 0 saturated heterocycles. The van der Waals surface area contributed by atoms with E-state index >= 15 is 0 Å². The molecule has 0 aliphatic heterocycles. The molecule has 0 fully saturated rings. The van der Waals surface area contributed by atoms with E-state index in [1.807, 2.05) is 18.6 Å². The van der Waals surface area contributed by atoms with Gasteiger partial charge in [-0.1, -0.05) is 139 Å². The first-order chi connectivity index (χ1) is 31.0. The lowest BCUT2D eigenvalue weighted by Crippen LogP contribution is -2.19. The molecule has 312 valence electrons. The Hall–Kier alpha value is -7.44. The number of aryl methyl sites for hydroxylation is 1. The van der Waals surface area contributed by atoms with Crippen LogP contribution in [0.15, 0.2) is 164 Å². The smallest absolute Gasteiger partial charge is 0.146 e. The van der Waals surface area contributed by atoms with Crippen molar-refractivity contribution in [3.8, 4) is 0 Å². The minimum absolute atomic E-state index is 0.182. The number of fused-ring (bicyclic) bond motifs is 6. The molecule has 0 N–H and O–H groups in total. The van der Waals surface area contributed by atoms with E-state index in [1.165, 1.54) is 43.8 Å². The Morgan fingerprint density at radius 2 is 0.953 bits per heavy atom. The quantitative estimate of drug-likeness (QED) is 0.156. The number of pyridine rings is 4. The summed E-state index contributed by atoms with van der Waals surface area (Å²) in [6.45, 7) is 14.0. The van der Waals surface area contributed by atoms with E-state index in [4.69, 9.17) is 19.9 Å². The van der Waals surface area contributed by atoms with Gasteiger partial charge in [-0.3, -0.25) is 9.80 Å².